The highest BCUT2D eigenvalue weighted by atomic mass is 19.3. The van der Waals surface area contributed by atoms with E-state index in [9.17, 15) is 23.4 Å². The van der Waals surface area contributed by atoms with E-state index in [0.29, 0.717) is 50.7 Å². The van der Waals surface area contributed by atoms with E-state index >= 15 is 4.39 Å². The smallest absolute Gasteiger partial charge is 0.319 e. The molecule has 2 aromatic heterocycles. The molecule has 1 saturated carbocycles. The first kappa shape index (κ1) is 29.7. The summed E-state index contributed by atoms with van der Waals surface area (Å²) >= 11 is 0. The second-order valence-electron chi connectivity index (χ2n) is 14.3. The van der Waals surface area contributed by atoms with E-state index in [1.807, 2.05) is 9.80 Å². The average molecular weight is 662 g/mol. The molecule has 4 fully saturated rings. The van der Waals surface area contributed by atoms with Gasteiger partial charge in [0.1, 0.15) is 47.2 Å². The molecule has 3 saturated heterocycles. The van der Waals surface area contributed by atoms with Crippen molar-refractivity contribution in [2.75, 3.05) is 37.7 Å². The van der Waals surface area contributed by atoms with Crippen molar-refractivity contribution in [1.82, 2.24) is 19.9 Å². The summed E-state index contributed by atoms with van der Waals surface area (Å²) in [4.78, 5) is 17.7. The summed E-state index contributed by atoms with van der Waals surface area (Å²) in [5, 5.41) is 22.7. The van der Waals surface area contributed by atoms with E-state index in [1.54, 1.807) is 6.92 Å². The third-order valence-corrected chi connectivity index (χ3v) is 11.3. The summed E-state index contributed by atoms with van der Waals surface area (Å²) in [6.45, 7) is 3.23. The van der Waals surface area contributed by atoms with Crippen molar-refractivity contribution in [3.63, 3.8) is 0 Å². The van der Waals surface area contributed by atoms with Gasteiger partial charge in [-0.15, -0.1) is 6.42 Å². The highest BCUT2D eigenvalue weighted by Gasteiger charge is 2.78. The summed E-state index contributed by atoms with van der Waals surface area (Å²) in [5.41, 5.74) is -3.39. The molecule has 9 rings (SSSR count). The molecule has 5 aliphatic rings. The molecule has 2 aromatic carbocycles. The SMILES string of the molecule is C#Cc1c(F)ccc2cc(O)cc(-c3nc4c5c(nc(OC[C@@]67CCN6C[C@]6(CC6(F)F)C7)nc5c3F)N3CCC[C@@](C)(O)[C@H]3CO4)c12. The molecule has 4 aromatic rings. The number of hydrogen-bond acceptors (Lipinski definition) is 9. The minimum Gasteiger partial charge on any atom is -0.508 e. The highest BCUT2D eigenvalue weighted by molar-refractivity contribution is 6.04. The fourth-order valence-electron chi connectivity index (χ4n) is 8.60. The van der Waals surface area contributed by atoms with Gasteiger partial charge in [-0.25, -0.2) is 22.5 Å². The maximum atomic E-state index is 17.0. The lowest BCUT2D eigenvalue weighted by Gasteiger charge is -2.47. The van der Waals surface area contributed by atoms with E-state index in [2.05, 4.69) is 15.9 Å². The molecule has 2 N–H and O–H groups in total. The Kier molecular flexibility index (Phi) is 5.94. The van der Waals surface area contributed by atoms with Gasteiger partial charge in [-0.05, 0) is 56.2 Å². The number of ether oxygens (including phenoxy) is 2. The van der Waals surface area contributed by atoms with Crippen LogP contribution in [0.5, 0.6) is 17.6 Å². The number of aromatic nitrogens is 3. The monoisotopic (exact) mass is 661 g/mol. The Balaban J connectivity index is 1.22. The average Bonchev–Trinajstić information content (AvgIpc) is 3.56. The molecule has 4 aliphatic heterocycles. The third kappa shape index (κ3) is 4.02. The number of alkyl halides is 2. The molecule has 48 heavy (non-hydrogen) atoms. The molecule has 0 radical (unpaired) electrons. The van der Waals surface area contributed by atoms with Gasteiger partial charge >= 0.3 is 6.01 Å². The minimum absolute atomic E-state index is 0.00783. The summed E-state index contributed by atoms with van der Waals surface area (Å²) in [6.07, 6.45) is 7.66. The van der Waals surface area contributed by atoms with Crippen molar-refractivity contribution >= 4 is 27.5 Å². The van der Waals surface area contributed by atoms with Gasteiger partial charge in [-0.1, -0.05) is 12.0 Å². The van der Waals surface area contributed by atoms with E-state index in [1.165, 1.54) is 24.3 Å². The summed E-state index contributed by atoms with van der Waals surface area (Å²) in [6, 6.07) is 4.51. The number of aliphatic hydroxyl groups is 1. The van der Waals surface area contributed by atoms with Gasteiger partial charge in [0, 0.05) is 37.0 Å². The van der Waals surface area contributed by atoms with Crippen molar-refractivity contribution in [3.05, 3.63) is 41.5 Å². The number of halogens is 4. The predicted molar refractivity (Wildman–Crippen MR) is 167 cm³/mol. The lowest BCUT2D eigenvalue weighted by atomic mass is 9.83. The van der Waals surface area contributed by atoms with Crippen LogP contribution in [0.15, 0.2) is 24.3 Å². The normalized spacial score (nSPS) is 29.9. The van der Waals surface area contributed by atoms with E-state index < -0.39 is 40.2 Å². The lowest BCUT2D eigenvalue weighted by molar-refractivity contribution is -0.0135. The molecular weight excluding hydrogens is 630 g/mol. The number of terminal acetylenes is 1. The number of rotatable bonds is 4. The zero-order valence-electron chi connectivity index (χ0n) is 26.0. The van der Waals surface area contributed by atoms with Crippen LogP contribution in [0.1, 0.15) is 44.6 Å². The number of benzene rings is 2. The molecule has 0 unspecified atom stereocenters. The second-order valence-corrected chi connectivity index (χ2v) is 14.3. The van der Waals surface area contributed by atoms with Crippen molar-refractivity contribution in [2.24, 2.45) is 5.41 Å². The van der Waals surface area contributed by atoms with Crippen LogP contribution >= 0.6 is 0 Å². The molecular formula is C35H31F4N5O4. The Labute approximate surface area is 272 Å². The number of fused-ring (bicyclic) bond motifs is 4. The van der Waals surface area contributed by atoms with Crippen LogP contribution in [-0.2, 0) is 0 Å². The number of anilines is 1. The topological polar surface area (TPSA) is 104 Å². The van der Waals surface area contributed by atoms with Gasteiger partial charge in [0.2, 0.25) is 5.88 Å². The summed E-state index contributed by atoms with van der Waals surface area (Å²) < 4.78 is 73.0. The number of nitrogens with zero attached hydrogens (tertiary/aromatic N) is 5. The minimum atomic E-state index is -2.69. The molecule has 0 bridgehead atoms. The molecule has 6 heterocycles. The van der Waals surface area contributed by atoms with Gasteiger partial charge in [-0.3, -0.25) is 4.90 Å². The van der Waals surface area contributed by atoms with E-state index in [4.69, 9.17) is 20.9 Å². The second kappa shape index (κ2) is 9.60. The molecule has 1 spiro atoms. The Hall–Kier alpha value is -4.41. The van der Waals surface area contributed by atoms with Crippen molar-refractivity contribution in [2.45, 2.75) is 62.1 Å². The first-order valence-corrected chi connectivity index (χ1v) is 16.1. The number of phenolic OH excluding ortho intramolecular Hbond substituents is 1. The maximum absolute atomic E-state index is 17.0. The molecule has 1 aliphatic carbocycles. The first-order valence-electron chi connectivity index (χ1n) is 16.1. The van der Waals surface area contributed by atoms with Gasteiger partial charge < -0.3 is 24.6 Å². The van der Waals surface area contributed by atoms with Crippen LogP contribution < -0.4 is 14.4 Å². The van der Waals surface area contributed by atoms with Crippen LogP contribution in [0.2, 0.25) is 0 Å². The first-order chi connectivity index (χ1) is 22.9. The van der Waals surface area contributed by atoms with Crippen molar-refractivity contribution in [1.29, 1.82) is 0 Å². The highest BCUT2D eigenvalue weighted by Crippen LogP contribution is 2.70. The van der Waals surface area contributed by atoms with Gasteiger partial charge in [0.25, 0.3) is 5.92 Å². The van der Waals surface area contributed by atoms with Crippen LogP contribution in [0.25, 0.3) is 32.9 Å². The maximum Gasteiger partial charge on any atom is 0.319 e. The van der Waals surface area contributed by atoms with Crippen LogP contribution in [0.4, 0.5) is 23.4 Å². The standard InChI is InChI=1S/C35H31F4N5O4/c1-3-20-22(36)6-5-18-11-19(45)12-21(24(18)20)27-26(37)28-25-29(44-9-4-7-32(2,46)23(44)13-47-30(25)40-27)42-31(41-28)48-17-34-8-10-43(34)16-33(14-34)15-35(33,38)39/h1,5-6,11-12,23,45-46H,4,7-10,13-17H2,2H3/t23-,32-,33-,34+/m1/s1. The fourth-order valence-corrected chi connectivity index (χ4v) is 8.60. The predicted octanol–water partition coefficient (Wildman–Crippen LogP) is 5.17. The fraction of sp³-hybridized carbons (Fsp3) is 0.457. The number of hydrogen-bond donors (Lipinski definition) is 2. The van der Waals surface area contributed by atoms with Crippen molar-refractivity contribution in [3.8, 4) is 41.2 Å². The number of pyridine rings is 1. The molecule has 0 amide bonds. The molecule has 9 nitrogen and oxygen atoms in total. The van der Waals surface area contributed by atoms with Crippen LogP contribution in [0, 0.1) is 29.4 Å². The van der Waals surface area contributed by atoms with Gasteiger partial charge in [0.15, 0.2) is 5.82 Å². The van der Waals surface area contributed by atoms with Crippen LogP contribution in [0.3, 0.4) is 0 Å². The molecule has 13 heteroatoms. The Morgan fingerprint density at radius 1 is 1.10 bits per heavy atom. The number of aromatic hydroxyl groups is 1. The Morgan fingerprint density at radius 2 is 1.92 bits per heavy atom. The van der Waals surface area contributed by atoms with Crippen LogP contribution in [-0.4, -0.2) is 86.0 Å². The number of phenols is 1. The lowest BCUT2D eigenvalue weighted by Crippen LogP contribution is -2.59. The zero-order valence-corrected chi connectivity index (χ0v) is 26.0. The Morgan fingerprint density at radius 3 is 2.65 bits per heavy atom. The van der Waals surface area contributed by atoms with Gasteiger partial charge in [-0.2, -0.15) is 9.97 Å². The van der Waals surface area contributed by atoms with Crippen molar-refractivity contribution < 1.29 is 37.2 Å². The third-order valence-electron chi connectivity index (χ3n) is 11.3. The van der Waals surface area contributed by atoms with E-state index in [-0.39, 0.29) is 76.2 Å². The summed E-state index contributed by atoms with van der Waals surface area (Å²) in [7, 11) is 0. The largest absolute Gasteiger partial charge is 0.508 e. The zero-order chi connectivity index (χ0) is 33.4. The van der Waals surface area contributed by atoms with Gasteiger partial charge in [0.05, 0.1) is 28.2 Å². The molecule has 248 valence electrons. The number of piperidine rings is 1. The molecule has 4 atom stereocenters. The quantitative estimate of drug-likeness (QED) is 0.226. The van der Waals surface area contributed by atoms with E-state index in [0.717, 1.165) is 0 Å². The Bertz CT molecular complexity index is 2120. The summed E-state index contributed by atoms with van der Waals surface area (Å²) in [5.74, 6) is -1.94.